The van der Waals surface area contributed by atoms with Gasteiger partial charge in [-0.1, -0.05) is 407 Å². The molecule has 0 aliphatic heterocycles. The van der Waals surface area contributed by atoms with Crippen LogP contribution < -0.4 is 0 Å². The first-order valence-electron chi connectivity index (χ1n) is 44.0. The molecule has 0 radical (unpaired) electrons. The molecular weight excluding hydrogens is 1770 g/mol. The van der Waals surface area contributed by atoms with E-state index in [1.165, 1.54) is 116 Å². The summed E-state index contributed by atoms with van der Waals surface area (Å²) in [5, 5.41) is 30.2. The highest BCUT2D eigenvalue weighted by atomic mass is 32.1. The third kappa shape index (κ3) is 45.9. The molecule has 0 fully saturated rings. The minimum Gasteiger partial charge on any atom is -0.393 e. The van der Waals surface area contributed by atoms with Crippen molar-refractivity contribution in [3.8, 4) is 0 Å². The van der Waals surface area contributed by atoms with Gasteiger partial charge in [0.2, 0.25) is 0 Å². The van der Waals surface area contributed by atoms with Crippen LogP contribution in [0.3, 0.4) is 0 Å². The van der Waals surface area contributed by atoms with Gasteiger partial charge >= 0.3 is 81.0 Å². The Bertz CT molecular complexity index is 4470. The van der Waals surface area contributed by atoms with E-state index >= 15 is 0 Å². The Morgan fingerprint density at radius 1 is 0.223 bits per heavy atom. The summed E-state index contributed by atoms with van der Waals surface area (Å²) >= 11 is -5.25. The van der Waals surface area contributed by atoms with Crippen molar-refractivity contribution in [2.75, 3.05) is 0 Å². The van der Waals surface area contributed by atoms with Crippen LogP contribution in [0.15, 0.2) is 303 Å². The van der Waals surface area contributed by atoms with E-state index in [9.17, 15) is 15.3 Å². The van der Waals surface area contributed by atoms with Gasteiger partial charge in [0.15, 0.2) is 0 Å². The van der Waals surface area contributed by atoms with Gasteiger partial charge in [0.05, 0.1) is 18.3 Å². The van der Waals surface area contributed by atoms with Crippen LogP contribution in [0.2, 0.25) is 0 Å². The number of hydrogen-bond acceptors (Lipinski definition) is 17. The molecule has 7 aromatic rings. The fourth-order valence-corrected chi connectivity index (χ4v) is 15.5. The highest BCUT2D eigenvalue weighted by molar-refractivity contribution is 7.52. The minimum absolute atomic E-state index is 0.200. The summed E-state index contributed by atoms with van der Waals surface area (Å²) in [6, 6.07) is 74.1. The molecule has 14 rings (SSSR count). The number of aliphatic hydroxyl groups is 3. The lowest BCUT2D eigenvalue weighted by atomic mass is 9.79. The Balaban J connectivity index is 0.000000731. The van der Waals surface area contributed by atoms with E-state index in [-0.39, 0.29) is 18.3 Å². The van der Waals surface area contributed by atoms with Crippen LogP contribution in [0, 0.1) is 88.8 Å². The molecule has 7 aliphatic carbocycles. The Kier molecular flexibility index (Phi) is 65.5. The zero-order valence-corrected chi connectivity index (χ0v) is 83.3. The number of benzene rings is 7. The molecule has 0 amide bonds. The van der Waals surface area contributed by atoms with Gasteiger partial charge in [-0.15, -0.1) is 0 Å². The lowest BCUT2D eigenvalue weighted by Crippen LogP contribution is -2.25. The Labute approximate surface area is 799 Å². The summed E-state index contributed by atoms with van der Waals surface area (Å²) in [7, 11) is 0. The smallest absolute Gasteiger partial charge is 0.335 e. The molecule has 0 spiro atoms. The molecule has 7 aromatic carbocycles. The van der Waals surface area contributed by atoms with Gasteiger partial charge in [-0.05, 0) is 225 Å². The zero-order valence-electron chi connectivity index (χ0n) is 77.5. The van der Waals surface area contributed by atoms with Crippen LogP contribution in [-0.2, 0) is 81.0 Å². The zero-order chi connectivity index (χ0) is 97.1. The average molecular weight is 1900 g/mol. The average Bonchev–Trinajstić information content (AvgIpc) is 1.66. The lowest BCUT2D eigenvalue weighted by Gasteiger charge is -2.27. The number of rotatable bonds is 7. The predicted molar refractivity (Wildman–Crippen MR) is 537 cm³/mol. The summed E-state index contributed by atoms with van der Waals surface area (Å²) in [4.78, 5) is 0. The number of allylic oxidation sites excluding steroid dienone is 19. The van der Waals surface area contributed by atoms with E-state index in [1.54, 1.807) is 0 Å². The second-order valence-electron chi connectivity index (χ2n) is 33.2. The van der Waals surface area contributed by atoms with Gasteiger partial charge in [0.25, 0.3) is 0 Å². The Hall–Kier alpha value is -9.70. The quantitative estimate of drug-likeness (QED) is 0.134. The molecule has 0 bridgehead atoms. The largest absolute Gasteiger partial charge is 0.393 e. The van der Waals surface area contributed by atoms with Crippen molar-refractivity contribution in [3.05, 3.63) is 342 Å². The van der Waals surface area contributed by atoms with Crippen LogP contribution in [0.1, 0.15) is 201 Å². The Morgan fingerprint density at radius 3 is 0.623 bits per heavy atom. The first kappa shape index (κ1) is 118. The molecule has 130 heavy (non-hydrogen) atoms. The number of aliphatic hydroxyl groups excluding tert-OH is 3. The fourth-order valence-electron chi connectivity index (χ4n) is 15.5. The van der Waals surface area contributed by atoms with Crippen molar-refractivity contribution in [2.45, 2.75) is 180 Å². The predicted octanol–water partition coefficient (Wildman–Crippen LogP) is 23.3. The standard InChI is InChI=1S/3C16H22O.3C15H18.C13H14.7O2S/c3*1-11-12(2)15(9-10-16(17)13(11)3)14-7-5-4-6-8-14;3*1-12-8-10-15(11-9-13(12)2)14-6-4-3-5-7-14;1-2-5-9-12(8-4-1)13-10-6-3-7-11-13;7*1-3-2/h3*4-9,11-13,16-17H,10H2,1-3H3;3*3-8,10-13H,9H2,1-2H3;3-4,6-11H,1-2,5H2;;;;;;;/t11-,12+,13+,16-;2*11-,12+,13-,16-;12-,13+;2*12-,13-;;;;;;;;/m110010......../s1. The molecule has 0 unspecified atom stereocenters. The maximum Gasteiger partial charge on any atom is 0.335 e. The maximum atomic E-state index is 10.1. The summed E-state index contributed by atoms with van der Waals surface area (Å²) in [6.45, 7) is 33.9. The third-order valence-electron chi connectivity index (χ3n) is 25.4. The van der Waals surface area contributed by atoms with Gasteiger partial charge < -0.3 is 15.3 Å². The molecule has 0 saturated carbocycles. The highest BCUT2D eigenvalue weighted by Gasteiger charge is 2.33. The van der Waals surface area contributed by atoms with Crippen molar-refractivity contribution in [1.29, 1.82) is 0 Å². The normalized spacial score (nSPS) is 24.6. The summed E-state index contributed by atoms with van der Waals surface area (Å²) < 4.78 is 116. The molecule has 0 saturated heterocycles. The van der Waals surface area contributed by atoms with Crippen molar-refractivity contribution in [2.24, 2.45) is 88.8 Å². The van der Waals surface area contributed by atoms with E-state index in [1.807, 2.05) is 18.2 Å². The monoisotopic (exact) mass is 1900 g/mol. The molecule has 7 aliphatic rings. The molecule has 3 N–H and O–H groups in total. The van der Waals surface area contributed by atoms with Crippen LogP contribution in [0.25, 0.3) is 39.0 Å². The van der Waals surface area contributed by atoms with Gasteiger partial charge in [-0.3, -0.25) is 0 Å². The van der Waals surface area contributed by atoms with Gasteiger partial charge in [-0.2, -0.15) is 58.9 Å². The second kappa shape index (κ2) is 72.0. The topological polar surface area (TPSA) is 300 Å². The molecule has 0 aromatic heterocycles. The van der Waals surface area contributed by atoms with Crippen molar-refractivity contribution >= 4 is 120 Å². The van der Waals surface area contributed by atoms with E-state index in [2.05, 4.69) is 389 Å². The SMILES string of the molecule is C1=CC(c2ccccc2)=CCCC1.C[C@@H]1C=CC(c2ccccc2)=CC[C@H]1C.C[C@@H]1CC=C(c2ccccc2)C=C[C@@H]1C.C[C@@H]1[C@H](C)[C@@H](O)CC=C(c2ccccc2)[C@@H]1C.C[C@@H]1[C@H](C)[C@H](C)C(c2ccccc2)=CC[C@H]1O.C[C@H]1C=CC(c2ccccc2)=CC[C@@H]1C.C[C@H]1[C@H](C)[C@H](C)C(c2ccccc2)=CC[C@H]1O.O=S=O.O=S=O.O=S=O.O=S=O.O=S=O.O=S=O.O=S=O. The van der Waals surface area contributed by atoms with Crippen molar-refractivity contribution in [3.63, 3.8) is 0 Å². The second-order valence-corrected chi connectivity index (χ2v) is 34.2. The summed E-state index contributed by atoms with van der Waals surface area (Å²) in [6.07, 6.45) is 43.4. The summed E-state index contributed by atoms with van der Waals surface area (Å²) in [5.41, 5.74) is 18.9. The fraction of sp³-hybridized carbons (Fsp3) is 0.396. The lowest BCUT2D eigenvalue weighted by molar-refractivity contribution is 0.0846. The van der Waals surface area contributed by atoms with Crippen molar-refractivity contribution in [1.82, 2.24) is 0 Å². The molecule has 18 atom stereocenters. The van der Waals surface area contributed by atoms with Crippen LogP contribution in [0.5, 0.6) is 0 Å². The molecular formula is C106H134O17S7. The molecule has 24 heteroatoms. The Morgan fingerprint density at radius 2 is 0.415 bits per heavy atom. The molecule has 702 valence electrons. The first-order chi connectivity index (χ1) is 62.5. The first-order valence-corrected chi connectivity index (χ1v) is 48.6. The van der Waals surface area contributed by atoms with Crippen LogP contribution in [-0.4, -0.2) is 92.6 Å². The minimum atomic E-state index is -0.750. The van der Waals surface area contributed by atoms with Crippen LogP contribution >= 0.6 is 0 Å². The van der Waals surface area contributed by atoms with Gasteiger partial charge in [0.1, 0.15) is 0 Å². The van der Waals surface area contributed by atoms with Crippen molar-refractivity contribution < 1.29 is 74.2 Å². The maximum absolute atomic E-state index is 10.1. The summed E-state index contributed by atoms with van der Waals surface area (Å²) in [5.74, 6) is 8.45. The van der Waals surface area contributed by atoms with E-state index in [0.29, 0.717) is 71.0 Å². The van der Waals surface area contributed by atoms with Gasteiger partial charge in [-0.25, -0.2) is 0 Å². The van der Waals surface area contributed by atoms with Gasteiger partial charge in [0, 0.05) is 0 Å². The molecule has 17 nitrogen and oxygen atoms in total. The van der Waals surface area contributed by atoms with E-state index in [0.717, 1.165) is 37.0 Å². The van der Waals surface area contributed by atoms with Crippen LogP contribution in [0.4, 0.5) is 0 Å². The highest BCUT2D eigenvalue weighted by Crippen LogP contribution is 2.42. The number of hydrogen-bond donors (Lipinski definition) is 3. The van der Waals surface area contributed by atoms with E-state index in [4.69, 9.17) is 58.9 Å². The van der Waals surface area contributed by atoms with E-state index < -0.39 is 81.0 Å². The molecule has 0 heterocycles. The third-order valence-corrected chi connectivity index (χ3v) is 25.4.